The molecule has 2 unspecified atom stereocenters. The molecular weight excluding hydrogens is 485 g/mol. The zero-order valence-corrected chi connectivity index (χ0v) is 21.0. The summed E-state index contributed by atoms with van der Waals surface area (Å²) in [7, 11) is 3.08. The Labute approximate surface area is 213 Å². The molecule has 2 fully saturated rings. The highest BCUT2D eigenvalue weighted by molar-refractivity contribution is 6.32. The number of benzene rings is 1. The number of halogens is 1. The first-order valence-corrected chi connectivity index (χ1v) is 12.4. The van der Waals surface area contributed by atoms with Crippen LogP contribution >= 0.6 is 0 Å². The summed E-state index contributed by atoms with van der Waals surface area (Å²) in [4.78, 5) is 67.6. The lowest BCUT2D eigenvalue weighted by Crippen LogP contribution is -2.74. The van der Waals surface area contributed by atoms with Crippen LogP contribution in [0.2, 0.25) is 0 Å². The second-order valence-corrected chi connectivity index (χ2v) is 10.4. The van der Waals surface area contributed by atoms with Gasteiger partial charge in [0.15, 0.2) is 34.7 Å². The molecule has 10 nitrogen and oxygen atoms in total. The molecule has 1 aromatic carbocycles. The van der Waals surface area contributed by atoms with Gasteiger partial charge in [0.25, 0.3) is 0 Å². The smallest absolute Gasteiger partial charge is 0.235 e. The Hall–Kier alpha value is -3.02. The molecule has 0 radical (unpaired) electrons. The molecule has 1 aromatic rings. The first kappa shape index (κ1) is 27.0. The van der Waals surface area contributed by atoms with Crippen molar-refractivity contribution < 1.29 is 38.6 Å². The first-order valence-electron chi connectivity index (χ1n) is 12.4. The Balaban J connectivity index is 1.84. The highest BCUT2D eigenvalue weighted by Crippen LogP contribution is 2.51. The maximum absolute atomic E-state index is 13.8. The zero-order chi connectivity index (χ0) is 27.4. The fourth-order valence-corrected chi connectivity index (χ4v) is 6.55. The number of aryl methyl sites for hydroxylation is 1. The molecule has 0 bridgehead atoms. The summed E-state index contributed by atoms with van der Waals surface area (Å²) in [5.41, 5.74) is 4.29. The Morgan fingerprint density at radius 3 is 2.46 bits per heavy atom. The quantitative estimate of drug-likeness (QED) is 0.275. The molecule has 0 aliphatic heterocycles. The summed E-state index contributed by atoms with van der Waals surface area (Å²) in [6.45, 7) is 1.43. The lowest BCUT2D eigenvalue weighted by molar-refractivity contribution is -0.181. The number of likely N-dealkylation sites (N-methyl/N-ethyl adjacent to an activating group) is 1. The molecule has 0 spiro atoms. The number of amides is 1. The molecule has 11 heteroatoms. The van der Waals surface area contributed by atoms with Gasteiger partial charge >= 0.3 is 0 Å². The average molecular weight is 518 g/mol. The van der Waals surface area contributed by atoms with Gasteiger partial charge in [0.1, 0.15) is 12.4 Å². The van der Waals surface area contributed by atoms with Crippen molar-refractivity contribution in [3.63, 3.8) is 0 Å². The van der Waals surface area contributed by atoms with Crippen molar-refractivity contribution in [2.45, 2.75) is 44.4 Å². The number of Topliss-reactive ketones (excluding diaryl/α,β-unsaturated/α-hetero) is 4. The number of phenolic OH excluding ortho intramolecular Hbond substituents is 1. The number of aliphatic hydroxyl groups is 1. The number of nitrogens with one attached hydrogen (secondary N) is 1. The van der Waals surface area contributed by atoms with Gasteiger partial charge in [-0.05, 0) is 50.4 Å². The number of phenols is 1. The predicted molar refractivity (Wildman–Crippen MR) is 128 cm³/mol. The topological polar surface area (TPSA) is 167 Å². The third-order valence-electron chi connectivity index (χ3n) is 8.20. The lowest BCUT2D eigenvalue weighted by Gasteiger charge is -2.52. The van der Waals surface area contributed by atoms with E-state index in [1.54, 1.807) is 20.2 Å². The van der Waals surface area contributed by atoms with Gasteiger partial charge in [-0.3, -0.25) is 28.9 Å². The number of carbonyl (C=O) groups is 5. The van der Waals surface area contributed by atoms with Crippen LogP contribution < -0.4 is 11.1 Å². The maximum atomic E-state index is 13.8. The molecule has 2 saturated carbocycles. The van der Waals surface area contributed by atoms with E-state index in [-0.39, 0.29) is 37.2 Å². The molecule has 0 aromatic heterocycles. The highest BCUT2D eigenvalue weighted by Gasteiger charge is 2.69. The Kier molecular flexibility index (Phi) is 7.08. The number of rotatable bonds is 7. The molecule has 6 atom stereocenters. The van der Waals surface area contributed by atoms with Gasteiger partial charge in [-0.25, -0.2) is 4.39 Å². The standard InChI is InChI=1S/C26H32FN3O7/c1-4-11-7-13(10-29-6-5-27)20(31)17-14(11)8-12-9-15-19(30(2)3)22(33)18(25(28)36)24(35)26(15,37)23(34)16(12)21(17)32/h7,12,15-16,18-19,29,31,37H,4-6,8-10H2,1-3H3,(H2,28,36)/t12-,15-,16?,18?,19-,26-/m0/s1. The van der Waals surface area contributed by atoms with E-state index in [4.69, 9.17) is 5.73 Å². The van der Waals surface area contributed by atoms with Crippen molar-refractivity contribution in [3.8, 4) is 5.75 Å². The van der Waals surface area contributed by atoms with Crippen LogP contribution in [0.1, 0.15) is 40.4 Å². The van der Waals surface area contributed by atoms with Crippen molar-refractivity contribution in [1.29, 1.82) is 0 Å². The number of hydrogen-bond donors (Lipinski definition) is 4. The van der Waals surface area contributed by atoms with Gasteiger partial charge in [-0.1, -0.05) is 13.0 Å². The van der Waals surface area contributed by atoms with E-state index in [1.807, 2.05) is 6.92 Å². The van der Waals surface area contributed by atoms with Crippen LogP contribution in [0.15, 0.2) is 6.07 Å². The summed E-state index contributed by atoms with van der Waals surface area (Å²) in [6, 6.07) is 0.617. The maximum Gasteiger partial charge on any atom is 0.235 e. The zero-order valence-electron chi connectivity index (χ0n) is 21.0. The van der Waals surface area contributed by atoms with Crippen LogP contribution in [0.3, 0.4) is 0 Å². The van der Waals surface area contributed by atoms with Gasteiger partial charge < -0.3 is 21.3 Å². The van der Waals surface area contributed by atoms with Crippen molar-refractivity contribution in [2.24, 2.45) is 29.4 Å². The molecule has 0 heterocycles. The SMILES string of the molecule is CCc1cc(CNCCF)c(O)c2c1C[C@H]1C[C@H]3[C@H](N(C)C)C(=O)C(C(N)=O)C(=O)[C@@]3(O)C(=O)C1C2=O. The first-order chi connectivity index (χ1) is 17.4. The van der Waals surface area contributed by atoms with Crippen LogP contribution in [0.5, 0.6) is 5.75 Å². The molecule has 200 valence electrons. The molecule has 3 aliphatic carbocycles. The summed E-state index contributed by atoms with van der Waals surface area (Å²) >= 11 is 0. The monoisotopic (exact) mass is 517 g/mol. The summed E-state index contributed by atoms with van der Waals surface area (Å²) in [6.07, 6.45) is 0.761. The van der Waals surface area contributed by atoms with E-state index < -0.39 is 71.0 Å². The average Bonchev–Trinajstić information content (AvgIpc) is 2.82. The summed E-state index contributed by atoms with van der Waals surface area (Å²) in [5.74, 6) is -10.7. The number of carbonyl (C=O) groups excluding carboxylic acids is 5. The van der Waals surface area contributed by atoms with E-state index in [2.05, 4.69) is 5.32 Å². The number of alkyl halides is 1. The molecule has 4 rings (SSSR count). The van der Waals surface area contributed by atoms with Crippen molar-refractivity contribution in [3.05, 3.63) is 28.3 Å². The van der Waals surface area contributed by atoms with Gasteiger partial charge in [-0.2, -0.15) is 0 Å². The number of ketones is 4. The number of nitrogens with zero attached hydrogens (tertiary/aromatic N) is 1. The van der Waals surface area contributed by atoms with Gasteiger partial charge in [0, 0.05) is 24.6 Å². The third-order valence-corrected chi connectivity index (χ3v) is 8.20. The fraction of sp³-hybridized carbons (Fsp3) is 0.577. The molecule has 1 amide bonds. The largest absolute Gasteiger partial charge is 0.507 e. The number of fused-ring (bicyclic) bond motifs is 3. The van der Waals surface area contributed by atoms with Crippen LogP contribution in [-0.2, 0) is 38.6 Å². The van der Waals surface area contributed by atoms with Crippen LogP contribution in [0.25, 0.3) is 0 Å². The highest BCUT2D eigenvalue weighted by atomic mass is 19.1. The second kappa shape index (κ2) is 9.70. The van der Waals surface area contributed by atoms with Gasteiger partial charge in [0.05, 0.1) is 17.5 Å². The minimum atomic E-state index is -2.75. The van der Waals surface area contributed by atoms with E-state index in [0.717, 1.165) is 5.56 Å². The van der Waals surface area contributed by atoms with E-state index in [1.165, 1.54) is 4.90 Å². The van der Waals surface area contributed by atoms with E-state index in [0.29, 0.717) is 17.5 Å². The number of aromatic hydroxyl groups is 1. The van der Waals surface area contributed by atoms with Crippen LogP contribution in [-0.4, -0.2) is 83.1 Å². The van der Waals surface area contributed by atoms with Gasteiger partial charge in [0.2, 0.25) is 5.91 Å². The van der Waals surface area contributed by atoms with E-state index in [9.17, 15) is 38.6 Å². The summed E-state index contributed by atoms with van der Waals surface area (Å²) < 4.78 is 12.6. The van der Waals surface area contributed by atoms with Crippen LogP contribution in [0, 0.1) is 23.7 Å². The Bertz CT molecular complexity index is 1200. The van der Waals surface area contributed by atoms with E-state index >= 15 is 0 Å². The predicted octanol–water partition coefficient (Wildman–Crippen LogP) is -0.511. The Morgan fingerprint density at radius 1 is 1.22 bits per heavy atom. The van der Waals surface area contributed by atoms with Crippen LogP contribution in [0.4, 0.5) is 4.39 Å². The fourth-order valence-electron chi connectivity index (χ4n) is 6.55. The Morgan fingerprint density at radius 2 is 1.89 bits per heavy atom. The molecule has 3 aliphatic rings. The summed E-state index contributed by atoms with van der Waals surface area (Å²) in [5, 5.41) is 25.5. The molecule has 0 saturated heterocycles. The minimum absolute atomic E-state index is 0.00756. The lowest BCUT2D eigenvalue weighted by atomic mass is 9.52. The molecular formula is C26H32FN3O7. The number of hydrogen-bond acceptors (Lipinski definition) is 9. The molecule has 5 N–H and O–H groups in total. The van der Waals surface area contributed by atoms with Gasteiger partial charge in [-0.15, -0.1) is 0 Å². The van der Waals surface area contributed by atoms with Crippen molar-refractivity contribution in [1.82, 2.24) is 10.2 Å². The minimum Gasteiger partial charge on any atom is -0.507 e. The number of primary amides is 1. The number of nitrogens with two attached hydrogens (primary N) is 1. The normalized spacial score (nSPS) is 31.2. The third kappa shape index (κ3) is 3.91. The van der Waals surface area contributed by atoms with Crippen molar-refractivity contribution >= 4 is 29.0 Å². The second-order valence-electron chi connectivity index (χ2n) is 10.4. The van der Waals surface area contributed by atoms with Crippen molar-refractivity contribution in [2.75, 3.05) is 27.3 Å². The molecule has 37 heavy (non-hydrogen) atoms.